The molecule has 0 aliphatic heterocycles. The minimum atomic E-state index is 1.08. The van der Waals surface area contributed by atoms with Crippen molar-refractivity contribution in [3.05, 3.63) is 308 Å². The van der Waals surface area contributed by atoms with E-state index in [1.54, 1.807) is 0 Å². The molecule has 1 heteroatoms. The van der Waals surface area contributed by atoms with Crippen molar-refractivity contribution >= 4 is 81.7 Å². The SMILES string of the molecule is Cc1ccc(-c2cc3ccccc3c3ccccc23)cc1-c1ccc(N(c2ccc(-c3cccc(-c4cc5ccccc5c5ccccc45)c3)cc2)c2ccc(-c3cc(-c4cc5ccccc5c5ccccc45)ccc3C)cc2)cc1. The maximum Gasteiger partial charge on any atom is 0.0462 e. The van der Waals surface area contributed by atoms with E-state index in [0.29, 0.717) is 0 Å². The fourth-order valence-corrected chi connectivity index (χ4v) is 12.8. The molecule has 15 aromatic carbocycles. The van der Waals surface area contributed by atoms with Gasteiger partial charge in [0.25, 0.3) is 0 Å². The van der Waals surface area contributed by atoms with E-state index in [9.17, 15) is 0 Å². The third-order valence-corrected chi connectivity index (χ3v) is 16.9. The summed E-state index contributed by atoms with van der Waals surface area (Å²) in [4.78, 5) is 2.39. The lowest BCUT2D eigenvalue weighted by molar-refractivity contribution is 1.28. The highest BCUT2D eigenvalue weighted by molar-refractivity contribution is 6.16. The van der Waals surface area contributed by atoms with Crippen LogP contribution in [0.5, 0.6) is 0 Å². The maximum atomic E-state index is 2.39. The Balaban J connectivity index is 0.808. The Labute approximate surface area is 472 Å². The predicted molar refractivity (Wildman–Crippen MR) is 348 cm³/mol. The van der Waals surface area contributed by atoms with Gasteiger partial charge in [0.05, 0.1) is 0 Å². The lowest BCUT2D eigenvalue weighted by Crippen LogP contribution is -2.09. The van der Waals surface area contributed by atoms with Gasteiger partial charge in [-0.2, -0.15) is 0 Å². The molecule has 0 aliphatic carbocycles. The molecular formula is C80H55N. The summed E-state index contributed by atoms with van der Waals surface area (Å²) in [5.41, 5.74) is 20.3. The molecule has 15 rings (SSSR count). The topological polar surface area (TPSA) is 3.24 Å². The minimum Gasteiger partial charge on any atom is -0.311 e. The summed E-state index contributed by atoms with van der Waals surface area (Å²) >= 11 is 0. The van der Waals surface area contributed by atoms with Gasteiger partial charge in [0, 0.05) is 17.1 Å². The first-order chi connectivity index (χ1) is 40.0. The largest absolute Gasteiger partial charge is 0.311 e. The van der Waals surface area contributed by atoms with Crippen LogP contribution in [-0.2, 0) is 0 Å². The van der Waals surface area contributed by atoms with Crippen LogP contribution in [-0.4, -0.2) is 0 Å². The van der Waals surface area contributed by atoms with E-state index in [-0.39, 0.29) is 0 Å². The van der Waals surface area contributed by atoms with Crippen LogP contribution in [0.15, 0.2) is 297 Å². The van der Waals surface area contributed by atoms with Gasteiger partial charge >= 0.3 is 0 Å². The Bertz CT molecular complexity index is 4720. The van der Waals surface area contributed by atoms with Crippen molar-refractivity contribution < 1.29 is 0 Å². The third-order valence-electron chi connectivity index (χ3n) is 16.9. The molecule has 0 atom stereocenters. The van der Waals surface area contributed by atoms with Crippen molar-refractivity contribution in [2.45, 2.75) is 13.8 Å². The van der Waals surface area contributed by atoms with Crippen LogP contribution in [0.1, 0.15) is 11.1 Å². The van der Waals surface area contributed by atoms with Crippen molar-refractivity contribution in [2.75, 3.05) is 4.90 Å². The third kappa shape index (κ3) is 8.50. The molecule has 0 amide bonds. The van der Waals surface area contributed by atoms with E-state index >= 15 is 0 Å². The molecule has 0 unspecified atom stereocenters. The minimum absolute atomic E-state index is 1.08. The van der Waals surface area contributed by atoms with Gasteiger partial charge in [-0.3, -0.25) is 0 Å². The van der Waals surface area contributed by atoms with Crippen molar-refractivity contribution in [3.63, 3.8) is 0 Å². The molecule has 15 aromatic rings. The molecule has 0 aliphatic rings. The number of nitrogens with zero attached hydrogens (tertiary/aromatic N) is 1. The fraction of sp³-hybridized carbons (Fsp3) is 0.0250. The Morgan fingerprint density at radius 2 is 0.481 bits per heavy atom. The summed E-state index contributed by atoms with van der Waals surface area (Å²) < 4.78 is 0. The summed E-state index contributed by atoms with van der Waals surface area (Å²) in [6, 6.07) is 110. The predicted octanol–water partition coefficient (Wildman–Crippen LogP) is 22.7. The molecule has 0 saturated heterocycles. The highest BCUT2D eigenvalue weighted by Crippen LogP contribution is 2.43. The second-order valence-electron chi connectivity index (χ2n) is 21.7. The van der Waals surface area contributed by atoms with E-state index in [1.165, 1.54) is 143 Å². The summed E-state index contributed by atoms with van der Waals surface area (Å²) in [5, 5.41) is 15.2. The van der Waals surface area contributed by atoms with E-state index < -0.39 is 0 Å². The zero-order valence-corrected chi connectivity index (χ0v) is 45.2. The lowest BCUT2D eigenvalue weighted by Gasteiger charge is -2.26. The second-order valence-corrected chi connectivity index (χ2v) is 21.7. The zero-order chi connectivity index (χ0) is 54.0. The molecule has 1 nitrogen and oxygen atoms in total. The smallest absolute Gasteiger partial charge is 0.0462 e. The van der Waals surface area contributed by atoms with Gasteiger partial charge in [-0.1, -0.05) is 224 Å². The van der Waals surface area contributed by atoms with Crippen LogP contribution in [0, 0.1) is 13.8 Å². The molecule has 0 spiro atoms. The number of hydrogen-bond acceptors (Lipinski definition) is 1. The van der Waals surface area contributed by atoms with Crippen LogP contribution in [0.2, 0.25) is 0 Å². The number of anilines is 3. The number of benzene rings is 15. The number of aryl methyl sites for hydroxylation is 2. The van der Waals surface area contributed by atoms with Gasteiger partial charge in [-0.15, -0.1) is 0 Å². The molecule has 0 aromatic heterocycles. The Morgan fingerprint density at radius 1 is 0.185 bits per heavy atom. The van der Waals surface area contributed by atoms with Crippen LogP contribution in [0.25, 0.3) is 131 Å². The number of fused-ring (bicyclic) bond motifs is 9. The Kier molecular flexibility index (Phi) is 11.7. The van der Waals surface area contributed by atoms with Crippen LogP contribution >= 0.6 is 0 Å². The molecule has 0 radical (unpaired) electrons. The molecule has 0 N–H and O–H groups in total. The van der Waals surface area contributed by atoms with Crippen molar-refractivity contribution in [2.24, 2.45) is 0 Å². The lowest BCUT2D eigenvalue weighted by atomic mass is 9.90. The van der Waals surface area contributed by atoms with E-state index in [4.69, 9.17) is 0 Å². The second kappa shape index (κ2) is 19.8. The highest BCUT2D eigenvalue weighted by Gasteiger charge is 2.18. The molecule has 81 heavy (non-hydrogen) atoms. The van der Waals surface area contributed by atoms with Crippen LogP contribution in [0.3, 0.4) is 0 Å². The van der Waals surface area contributed by atoms with E-state index in [2.05, 4.69) is 316 Å². The maximum absolute atomic E-state index is 2.39. The van der Waals surface area contributed by atoms with Gasteiger partial charge in [-0.05, 0) is 229 Å². The van der Waals surface area contributed by atoms with Gasteiger partial charge in [0.2, 0.25) is 0 Å². The summed E-state index contributed by atoms with van der Waals surface area (Å²) in [5.74, 6) is 0. The average Bonchev–Trinajstić information content (AvgIpc) is 3.69. The summed E-state index contributed by atoms with van der Waals surface area (Å²) in [7, 11) is 0. The normalized spacial score (nSPS) is 11.6. The van der Waals surface area contributed by atoms with Crippen LogP contribution in [0.4, 0.5) is 17.1 Å². The highest BCUT2D eigenvalue weighted by atomic mass is 15.1. The first-order valence-electron chi connectivity index (χ1n) is 28.1. The fourth-order valence-electron chi connectivity index (χ4n) is 12.8. The summed E-state index contributed by atoms with van der Waals surface area (Å²) in [6.45, 7) is 4.45. The summed E-state index contributed by atoms with van der Waals surface area (Å²) in [6.07, 6.45) is 0. The zero-order valence-electron chi connectivity index (χ0n) is 45.2. The molecular weight excluding hydrogens is 975 g/mol. The van der Waals surface area contributed by atoms with E-state index in [1.807, 2.05) is 0 Å². The van der Waals surface area contributed by atoms with E-state index in [0.717, 1.165) is 17.1 Å². The first kappa shape index (κ1) is 47.8. The van der Waals surface area contributed by atoms with Gasteiger partial charge in [0.15, 0.2) is 0 Å². The van der Waals surface area contributed by atoms with Gasteiger partial charge in [0.1, 0.15) is 0 Å². The number of hydrogen-bond donors (Lipinski definition) is 0. The molecule has 0 saturated carbocycles. The molecule has 0 fully saturated rings. The molecule has 0 heterocycles. The molecule has 380 valence electrons. The van der Waals surface area contributed by atoms with Gasteiger partial charge in [-0.25, -0.2) is 0 Å². The Morgan fingerprint density at radius 3 is 0.864 bits per heavy atom. The molecule has 0 bridgehead atoms. The van der Waals surface area contributed by atoms with Gasteiger partial charge < -0.3 is 4.90 Å². The quantitative estimate of drug-likeness (QED) is 0.130. The first-order valence-corrected chi connectivity index (χ1v) is 28.1. The van der Waals surface area contributed by atoms with Crippen LogP contribution < -0.4 is 4.90 Å². The monoisotopic (exact) mass is 1030 g/mol. The van der Waals surface area contributed by atoms with Crippen molar-refractivity contribution in [1.29, 1.82) is 0 Å². The van der Waals surface area contributed by atoms with Crippen molar-refractivity contribution in [1.82, 2.24) is 0 Å². The standard InChI is InChI=1S/C80H55N/c1-52-30-32-62(79-50-60-17-4-7-22-68(60)71-25-10-13-28-74(71)79)47-76(52)55-36-42-65(43-37-55)81(64-40-34-54(35-41-64)57-19-15-20-58(46-57)78-49-59-16-3-6-21-67(59)70-24-9-12-27-73(70)78)66-44-38-56(39-45-66)77-48-63(33-31-53(77)2)80-51-61-18-5-8-23-69(61)72-26-11-14-29-75(72)80/h3-51H,1-2H3. The van der Waals surface area contributed by atoms with Crippen molar-refractivity contribution in [3.8, 4) is 66.8 Å². The number of rotatable bonds is 9. The Hall–Kier alpha value is -10.3. The average molecular weight is 1030 g/mol.